The highest BCUT2D eigenvalue weighted by Crippen LogP contribution is 2.18. The Hall–Kier alpha value is -0.170. The van der Waals surface area contributed by atoms with Crippen LogP contribution in [0.2, 0.25) is 0 Å². The molecule has 2 heteroatoms. The second-order valence-corrected chi connectivity index (χ2v) is 4.26. The largest absolute Gasteiger partial charge is 0.369 e. The minimum Gasteiger partial charge on any atom is -0.369 e. The van der Waals surface area contributed by atoms with Crippen LogP contribution in [-0.4, -0.2) is 19.0 Å². The Morgan fingerprint density at radius 3 is 2.17 bits per heavy atom. The summed E-state index contributed by atoms with van der Waals surface area (Å²) in [6, 6.07) is 0. The zero-order chi connectivity index (χ0) is 9.72. The Kier molecular flexibility index (Phi) is 5.39. The van der Waals surface area contributed by atoms with Crippen molar-refractivity contribution in [1.29, 1.82) is 0 Å². The van der Waals surface area contributed by atoms with Gasteiger partial charge in [-0.05, 0) is 31.3 Å². The second kappa shape index (κ2) is 5.47. The van der Waals surface area contributed by atoms with Gasteiger partial charge >= 0.3 is 0 Å². The van der Waals surface area contributed by atoms with E-state index >= 15 is 0 Å². The van der Waals surface area contributed by atoms with Gasteiger partial charge < -0.3 is 4.90 Å². The van der Waals surface area contributed by atoms with E-state index in [1.807, 2.05) is 19.0 Å². The lowest BCUT2D eigenvalue weighted by Crippen LogP contribution is -2.08. The number of nitrogens with zero attached hydrogens (tertiary/aromatic N) is 1. The summed E-state index contributed by atoms with van der Waals surface area (Å²) in [4.78, 5) is 1.96. The van der Waals surface area contributed by atoms with E-state index in [2.05, 4.69) is 20.8 Å². The monoisotopic (exact) mass is 189 g/mol. The molecule has 0 rings (SSSR count). The van der Waals surface area contributed by atoms with Crippen molar-refractivity contribution < 1.29 is 0 Å². The van der Waals surface area contributed by atoms with Crippen LogP contribution in [0.15, 0.2) is 10.7 Å². The lowest BCUT2D eigenvalue weighted by molar-refractivity contribution is 0.526. The normalized spacial score (nSPS) is 13.2. The number of allylic oxidation sites excluding steroid dienone is 1. The van der Waals surface area contributed by atoms with Crippen LogP contribution in [-0.2, 0) is 0 Å². The summed E-state index contributed by atoms with van der Waals surface area (Å²) < 4.78 is 0. The van der Waals surface area contributed by atoms with E-state index in [1.165, 1.54) is 12.0 Å². The molecule has 0 unspecified atom stereocenters. The fourth-order valence-corrected chi connectivity index (χ4v) is 1.08. The molecule has 0 radical (unpaired) electrons. The minimum absolute atomic E-state index is 0.756. The third kappa shape index (κ3) is 4.66. The summed E-state index contributed by atoms with van der Waals surface area (Å²) in [5.41, 5.74) is 1.29. The smallest absolute Gasteiger partial charge is 0.103 e. The molecule has 0 aliphatic carbocycles. The zero-order valence-corrected chi connectivity index (χ0v) is 9.57. The number of hydrogen-bond donors (Lipinski definition) is 0. The van der Waals surface area contributed by atoms with Crippen molar-refractivity contribution in [2.24, 2.45) is 5.92 Å². The summed E-state index contributed by atoms with van der Waals surface area (Å²) in [7, 11) is 3.95. The van der Waals surface area contributed by atoms with Crippen LogP contribution >= 0.6 is 11.6 Å². The first-order valence-electron chi connectivity index (χ1n) is 4.47. The first-order valence-corrected chi connectivity index (χ1v) is 4.85. The van der Waals surface area contributed by atoms with E-state index in [-0.39, 0.29) is 0 Å². The second-order valence-electron chi connectivity index (χ2n) is 3.90. The molecule has 0 aromatic rings. The molecular weight excluding hydrogens is 170 g/mol. The van der Waals surface area contributed by atoms with Gasteiger partial charge in [0, 0.05) is 14.1 Å². The number of hydrogen-bond acceptors (Lipinski definition) is 1. The predicted octanol–water partition coefficient (Wildman–Crippen LogP) is 3.45. The summed E-state index contributed by atoms with van der Waals surface area (Å²) in [6.45, 7) is 6.57. The summed E-state index contributed by atoms with van der Waals surface area (Å²) in [5.74, 6) is 0.756. The van der Waals surface area contributed by atoms with Crippen molar-refractivity contribution in [3.8, 4) is 0 Å². The Balaban J connectivity index is 3.99. The molecule has 0 atom stereocenters. The maximum atomic E-state index is 6.06. The van der Waals surface area contributed by atoms with Crippen LogP contribution in [0.4, 0.5) is 0 Å². The Morgan fingerprint density at radius 1 is 1.33 bits per heavy atom. The van der Waals surface area contributed by atoms with Crippen molar-refractivity contribution in [1.82, 2.24) is 4.90 Å². The fourth-order valence-electron chi connectivity index (χ4n) is 0.990. The average molecular weight is 190 g/mol. The molecule has 1 nitrogen and oxygen atoms in total. The van der Waals surface area contributed by atoms with Crippen molar-refractivity contribution in [3.05, 3.63) is 10.7 Å². The molecule has 0 aromatic carbocycles. The van der Waals surface area contributed by atoms with Crippen LogP contribution in [0.3, 0.4) is 0 Å². The lowest BCUT2D eigenvalue weighted by atomic mass is 10.0. The van der Waals surface area contributed by atoms with E-state index in [0.717, 1.165) is 17.5 Å². The molecule has 0 bridgehead atoms. The molecule has 0 spiro atoms. The highest BCUT2D eigenvalue weighted by atomic mass is 35.5. The molecule has 0 N–H and O–H groups in total. The Labute approximate surface area is 81.4 Å². The van der Waals surface area contributed by atoms with Crippen molar-refractivity contribution >= 4 is 11.6 Å². The van der Waals surface area contributed by atoms with Crippen LogP contribution < -0.4 is 0 Å². The van der Waals surface area contributed by atoms with Crippen LogP contribution in [0.5, 0.6) is 0 Å². The zero-order valence-electron chi connectivity index (χ0n) is 8.82. The predicted molar refractivity (Wildman–Crippen MR) is 56.3 cm³/mol. The average Bonchev–Trinajstić information content (AvgIpc) is 1.98. The van der Waals surface area contributed by atoms with Gasteiger partial charge in [0.25, 0.3) is 0 Å². The van der Waals surface area contributed by atoms with Crippen molar-refractivity contribution in [3.63, 3.8) is 0 Å². The molecule has 0 saturated heterocycles. The van der Waals surface area contributed by atoms with Gasteiger partial charge in [-0.3, -0.25) is 0 Å². The first-order chi connectivity index (χ1) is 5.45. The Morgan fingerprint density at radius 2 is 1.83 bits per heavy atom. The maximum absolute atomic E-state index is 6.06. The quantitative estimate of drug-likeness (QED) is 0.613. The standard InChI is InChI=1S/C10H20ClN/c1-8(2)6-7-9(3)10(11)12(4)5/h8H,6-7H2,1-5H3/b10-9+. The SMILES string of the molecule is C/C(CCC(C)C)=C(/Cl)N(C)C. The molecule has 72 valence electrons. The molecule has 0 amide bonds. The molecule has 0 saturated carbocycles. The van der Waals surface area contributed by atoms with Gasteiger partial charge in [-0.2, -0.15) is 0 Å². The van der Waals surface area contributed by atoms with Gasteiger partial charge in [0.15, 0.2) is 0 Å². The minimum atomic E-state index is 0.756. The fraction of sp³-hybridized carbons (Fsp3) is 0.800. The van der Waals surface area contributed by atoms with Gasteiger partial charge in [-0.1, -0.05) is 25.4 Å². The molecule has 12 heavy (non-hydrogen) atoms. The topological polar surface area (TPSA) is 3.24 Å². The molecular formula is C10H20ClN. The van der Waals surface area contributed by atoms with E-state index < -0.39 is 0 Å². The third-order valence-corrected chi connectivity index (χ3v) is 2.50. The molecule has 0 aliphatic heterocycles. The van der Waals surface area contributed by atoms with Gasteiger partial charge in [0.05, 0.1) is 0 Å². The van der Waals surface area contributed by atoms with Gasteiger partial charge in [-0.25, -0.2) is 0 Å². The summed E-state index contributed by atoms with van der Waals surface area (Å²) in [6.07, 6.45) is 2.32. The lowest BCUT2D eigenvalue weighted by Gasteiger charge is -2.14. The van der Waals surface area contributed by atoms with E-state index in [4.69, 9.17) is 11.6 Å². The van der Waals surface area contributed by atoms with Crippen molar-refractivity contribution in [2.45, 2.75) is 33.6 Å². The highest BCUT2D eigenvalue weighted by Gasteiger charge is 2.02. The van der Waals surface area contributed by atoms with Crippen LogP contribution in [0.1, 0.15) is 33.6 Å². The molecule has 0 aliphatic rings. The maximum Gasteiger partial charge on any atom is 0.103 e. The Bertz CT molecular complexity index is 159. The molecule has 0 fully saturated rings. The van der Waals surface area contributed by atoms with Crippen molar-refractivity contribution in [2.75, 3.05) is 14.1 Å². The van der Waals surface area contributed by atoms with Gasteiger partial charge in [0.1, 0.15) is 5.16 Å². The summed E-state index contributed by atoms with van der Waals surface area (Å²) >= 11 is 6.06. The number of halogens is 1. The van der Waals surface area contributed by atoms with E-state index in [0.29, 0.717) is 0 Å². The number of rotatable bonds is 4. The highest BCUT2D eigenvalue weighted by molar-refractivity contribution is 6.29. The van der Waals surface area contributed by atoms with Gasteiger partial charge in [-0.15, -0.1) is 0 Å². The van der Waals surface area contributed by atoms with Gasteiger partial charge in [0.2, 0.25) is 0 Å². The van der Waals surface area contributed by atoms with Crippen LogP contribution in [0, 0.1) is 5.92 Å². The summed E-state index contributed by atoms with van der Waals surface area (Å²) in [5, 5.41) is 0.885. The first kappa shape index (κ1) is 11.8. The van der Waals surface area contributed by atoms with Crippen LogP contribution in [0.25, 0.3) is 0 Å². The third-order valence-electron chi connectivity index (χ3n) is 1.84. The molecule has 0 heterocycles. The van der Waals surface area contributed by atoms with E-state index in [1.54, 1.807) is 0 Å². The molecule has 0 aromatic heterocycles. The van der Waals surface area contributed by atoms with E-state index in [9.17, 15) is 0 Å².